The van der Waals surface area contributed by atoms with E-state index in [-0.39, 0.29) is 0 Å². The highest BCUT2D eigenvalue weighted by atomic mass is 16.5. The molecular formula is C10H13NO. The van der Waals surface area contributed by atoms with Gasteiger partial charge < -0.3 is 4.74 Å². The highest BCUT2D eigenvalue weighted by Gasteiger charge is 1.97. The molecule has 0 aliphatic carbocycles. The summed E-state index contributed by atoms with van der Waals surface area (Å²) in [7, 11) is 1.62. The minimum atomic E-state index is 0.693. The molecule has 12 heavy (non-hydrogen) atoms. The van der Waals surface area contributed by atoms with Crippen molar-refractivity contribution in [3.05, 3.63) is 41.9 Å². The van der Waals surface area contributed by atoms with E-state index in [2.05, 4.69) is 11.6 Å². The van der Waals surface area contributed by atoms with Gasteiger partial charge in [0.1, 0.15) is 0 Å². The van der Waals surface area contributed by atoms with Gasteiger partial charge in [0.05, 0.1) is 12.9 Å². The standard InChI is InChI=1S/C10H13NO/c1-8-4-5-11-10(6-8)7-9(2)12-3/h4-6H,2,7H2,1,3H3. The number of aromatic nitrogens is 1. The first-order chi connectivity index (χ1) is 5.72. The van der Waals surface area contributed by atoms with Crippen LogP contribution in [-0.4, -0.2) is 12.1 Å². The minimum Gasteiger partial charge on any atom is -0.501 e. The molecule has 2 heteroatoms. The van der Waals surface area contributed by atoms with E-state index in [0.29, 0.717) is 6.42 Å². The molecule has 0 atom stereocenters. The highest BCUT2D eigenvalue weighted by Crippen LogP contribution is 2.05. The van der Waals surface area contributed by atoms with Crippen molar-refractivity contribution in [2.24, 2.45) is 0 Å². The van der Waals surface area contributed by atoms with Gasteiger partial charge in [-0.15, -0.1) is 0 Å². The van der Waals surface area contributed by atoms with Crippen molar-refractivity contribution >= 4 is 0 Å². The van der Waals surface area contributed by atoms with Gasteiger partial charge in [-0.3, -0.25) is 4.98 Å². The molecule has 64 valence electrons. The summed E-state index contributed by atoms with van der Waals surface area (Å²) in [5.74, 6) is 0.744. The maximum absolute atomic E-state index is 4.96. The Morgan fingerprint density at radius 3 is 3.00 bits per heavy atom. The second kappa shape index (κ2) is 3.90. The van der Waals surface area contributed by atoms with Gasteiger partial charge in [-0.2, -0.15) is 0 Å². The molecule has 0 bridgehead atoms. The van der Waals surface area contributed by atoms with Crippen LogP contribution in [-0.2, 0) is 11.2 Å². The van der Waals surface area contributed by atoms with Crippen LogP contribution in [0.25, 0.3) is 0 Å². The molecule has 0 fully saturated rings. The van der Waals surface area contributed by atoms with E-state index in [9.17, 15) is 0 Å². The fourth-order valence-electron chi connectivity index (χ4n) is 0.970. The summed E-state index contributed by atoms with van der Waals surface area (Å²) in [5, 5.41) is 0. The van der Waals surface area contributed by atoms with Crippen LogP contribution in [0, 0.1) is 6.92 Å². The van der Waals surface area contributed by atoms with Crippen molar-refractivity contribution < 1.29 is 4.74 Å². The lowest BCUT2D eigenvalue weighted by Gasteiger charge is -2.03. The van der Waals surface area contributed by atoms with E-state index >= 15 is 0 Å². The van der Waals surface area contributed by atoms with Crippen LogP contribution in [0.2, 0.25) is 0 Å². The Balaban J connectivity index is 2.69. The molecule has 0 aliphatic heterocycles. The van der Waals surface area contributed by atoms with Gasteiger partial charge in [0, 0.05) is 18.3 Å². The van der Waals surface area contributed by atoms with E-state index in [1.807, 2.05) is 19.1 Å². The number of aryl methyl sites for hydroxylation is 1. The molecular weight excluding hydrogens is 150 g/mol. The zero-order chi connectivity index (χ0) is 8.97. The van der Waals surface area contributed by atoms with Crippen LogP contribution in [0.4, 0.5) is 0 Å². The van der Waals surface area contributed by atoms with E-state index in [0.717, 1.165) is 11.5 Å². The largest absolute Gasteiger partial charge is 0.501 e. The molecule has 0 saturated carbocycles. The predicted octanol–water partition coefficient (Wildman–Crippen LogP) is 2.09. The molecule has 0 spiro atoms. The number of methoxy groups -OCH3 is 1. The second-order valence-corrected chi connectivity index (χ2v) is 2.74. The maximum Gasteiger partial charge on any atom is 0.0943 e. The van der Waals surface area contributed by atoms with Crippen molar-refractivity contribution in [3.63, 3.8) is 0 Å². The van der Waals surface area contributed by atoms with Gasteiger partial charge in [-0.1, -0.05) is 6.58 Å². The van der Waals surface area contributed by atoms with E-state index in [4.69, 9.17) is 4.74 Å². The third-order valence-corrected chi connectivity index (χ3v) is 1.64. The van der Waals surface area contributed by atoms with E-state index < -0.39 is 0 Å². The summed E-state index contributed by atoms with van der Waals surface area (Å²) in [6.07, 6.45) is 2.49. The van der Waals surface area contributed by atoms with Crippen molar-refractivity contribution in [3.8, 4) is 0 Å². The summed E-state index contributed by atoms with van der Waals surface area (Å²) >= 11 is 0. The molecule has 0 N–H and O–H groups in total. The third kappa shape index (κ3) is 2.38. The molecule has 1 heterocycles. The molecule has 1 aromatic rings. The van der Waals surface area contributed by atoms with Gasteiger partial charge in [0.25, 0.3) is 0 Å². The van der Waals surface area contributed by atoms with Crippen LogP contribution < -0.4 is 0 Å². The highest BCUT2D eigenvalue weighted by molar-refractivity contribution is 5.17. The number of hydrogen-bond acceptors (Lipinski definition) is 2. The van der Waals surface area contributed by atoms with Crippen molar-refractivity contribution in [1.82, 2.24) is 4.98 Å². The maximum atomic E-state index is 4.96. The summed E-state index contributed by atoms with van der Waals surface area (Å²) < 4.78 is 4.96. The fourth-order valence-corrected chi connectivity index (χ4v) is 0.970. The smallest absolute Gasteiger partial charge is 0.0943 e. The zero-order valence-electron chi connectivity index (χ0n) is 7.50. The third-order valence-electron chi connectivity index (χ3n) is 1.64. The first-order valence-electron chi connectivity index (χ1n) is 3.85. The Bertz CT molecular complexity index is 281. The Morgan fingerprint density at radius 2 is 2.42 bits per heavy atom. The van der Waals surface area contributed by atoms with Gasteiger partial charge >= 0.3 is 0 Å². The Morgan fingerprint density at radius 1 is 1.67 bits per heavy atom. The minimum absolute atomic E-state index is 0.693. The molecule has 0 aromatic carbocycles. The fraction of sp³-hybridized carbons (Fsp3) is 0.300. The Labute approximate surface area is 72.9 Å². The van der Waals surface area contributed by atoms with Gasteiger partial charge in [-0.25, -0.2) is 0 Å². The van der Waals surface area contributed by atoms with Gasteiger partial charge in [0.2, 0.25) is 0 Å². The number of nitrogens with zero attached hydrogens (tertiary/aromatic N) is 1. The first-order valence-corrected chi connectivity index (χ1v) is 3.85. The molecule has 0 radical (unpaired) electrons. The lowest BCUT2D eigenvalue weighted by Crippen LogP contribution is -1.94. The normalized spacial score (nSPS) is 9.50. The van der Waals surface area contributed by atoms with E-state index in [1.165, 1.54) is 5.56 Å². The van der Waals surface area contributed by atoms with Crippen LogP contribution in [0.1, 0.15) is 11.3 Å². The number of pyridine rings is 1. The summed E-state index contributed by atoms with van der Waals surface area (Å²) in [5.41, 5.74) is 2.21. The predicted molar refractivity (Wildman–Crippen MR) is 48.8 cm³/mol. The number of rotatable bonds is 3. The van der Waals surface area contributed by atoms with Gasteiger partial charge in [-0.05, 0) is 24.6 Å². The number of hydrogen-bond donors (Lipinski definition) is 0. The molecule has 0 amide bonds. The summed E-state index contributed by atoms with van der Waals surface area (Å²) in [6, 6.07) is 4.00. The van der Waals surface area contributed by atoms with Crippen LogP contribution in [0.5, 0.6) is 0 Å². The Hall–Kier alpha value is -1.31. The molecule has 0 unspecified atom stereocenters. The average molecular weight is 163 g/mol. The average Bonchev–Trinajstić information content (AvgIpc) is 2.04. The van der Waals surface area contributed by atoms with Crippen molar-refractivity contribution in [2.75, 3.05) is 7.11 Å². The van der Waals surface area contributed by atoms with Crippen LogP contribution in [0.15, 0.2) is 30.7 Å². The summed E-state index contributed by atoms with van der Waals surface area (Å²) in [6.45, 7) is 5.78. The zero-order valence-corrected chi connectivity index (χ0v) is 7.50. The molecule has 0 aliphatic rings. The second-order valence-electron chi connectivity index (χ2n) is 2.74. The molecule has 2 nitrogen and oxygen atoms in total. The lowest BCUT2D eigenvalue weighted by molar-refractivity contribution is 0.284. The van der Waals surface area contributed by atoms with Crippen LogP contribution >= 0.6 is 0 Å². The topological polar surface area (TPSA) is 22.1 Å². The summed E-state index contributed by atoms with van der Waals surface area (Å²) in [4.78, 5) is 4.19. The first kappa shape index (κ1) is 8.78. The molecule has 1 rings (SSSR count). The number of ether oxygens (including phenoxy) is 1. The number of allylic oxidation sites excluding steroid dienone is 1. The van der Waals surface area contributed by atoms with Crippen molar-refractivity contribution in [1.29, 1.82) is 0 Å². The van der Waals surface area contributed by atoms with Gasteiger partial charge in [0.15, 0.2) is 0 Å². The molecule has 1 aromatic heterocycles. The lowest BCUT2D eigenvalue weighted by atomic mass is 10.2. The Kier molecular flexibility index (Phi) is 2.86. The van der Waals surface area contributed by atoms with Crippen molar-refractivity contribution in [2.45, 2.75) is 13.3 Å². The quantitative estimate of drug-likeness (QED) is 0.636. The monoisotopic (exact) mass is 163 g/mol. The molecule has 0 saturated heterocycles. The SMILES string of the molecule is C=C(Cc1cc(C)ccn1)OC. The van der Waals surface area contributed by atoms with Crippen LogP contribution in [0.3, 0.4) is 0 Å². The van der Waals surface area contributed by atoms with E-state index in [1.54, 1.807) is 13.3 Å².